The van der Waals surface area contributed by atoms with Crippen LogP contribution >= 0.6 is 11.6 Å². The lowest BCUT2D eigenvalue weighted by atomic mass is 10.0. The fraction of sp³-hybridized carbons (Fsp3) is 0.250. The van der Waals surface area contributed by atoms with Crippen molar-refractivity contribution in [1.82, 2.24) is 0 Å². The van der Waals surface area contributed by atoms with Crippen molar-refractivity contribution < 1.29 is 14.6 Å². The Morgan fingerprint density at radius 3 is 2.62 bits per heavy atom. The highest BCUT2D eigenvalue weighted by Gasteiger charge is 2.18. The number of fused-ring (bicyclic) bond motifs is 1. The Bertz CT molecular complexity index is 687. The normalized spacial score (nSPS) is 14.0. The summed E-state index contributed by atoms with van der Waals surface area (Å²) in [5.74, 6) is 1.59. The number of ether oxygens (including phenoxy) is 2. The van der Waals surface area contributed by atoms with Crippen LogP contribution in [0.15, 0.2) is 30.3 Å². The molecule has 0 aliphatic carbocycles. The van der Waals surface area contributed by atoms with E-state index in [0.717, 1.165) is 16.8 Å². The molecule has 1 unspecified atom stereocenters. The Hall–Kier alpha value is -2.07. The van der Waals surface area contributed by atoms with Crippen molar-refractivity contribution in [3.8, 4) is 17.2 Å². The van der Waals surface area contributed by atoms with Crippen LogP contribution in [0.2, 0.25) is 5.02 Å². The summed E-state index contributed by atoms with van der Waals surface area (Å²) in [7, 11) is 0. The van der Waals surface area contributed by atoms with Crippen molar-refractivity contribution >= 4 is 17.3 Å². The highest BCUT2D eigenvalue weighted by molar-refractivity contribution is 6.33. The largest absolute Gasteiger partial charge is 0.508 e. The zero-order valence-corrected chi connectivity index (χ0v) is 12.6. The smallest absolute Gasteiger partial charge is 0.231 e. The van der Waals surface area contributed by atoms with E-state index in [4.69, 9.17) is 21.1 Å². The van der Waals surface area contributed by atoms with Crippen molar-refractivity contribution in [2.45, 2.75) is 19.9 Å². The van der Waals surface area contributed by atoms with E-state index in [1.165, 1.54) is 0 Å². The van der Waals surface area contributed by atoms with Gasteiger partial charge in [0.05, 0.1) is 16.8 Å². The van der Waals surface area contributed by atoms with Gasteiger partial charge in [-0.3, -0.25) is 0 Å². The van der Waals surface area contributed by atoms with E-state index < -0.39 is 0 Å². The monoisotopic (exact) mass is 305 g/mol. The number of phenols is 1. The SMILES string of the molecule is Cc1ccc(C(C)Nc2cc3c(cc2Cl)OCO3)c(O)c1. The average Bonchev–Trinajstić information content (AvgIpc) is 2.86. The van der Waals surface area contributed by atoms with Gasteiger partial charge in [0.25, 0.3) is 0 Å². The lowest BCUT2D eigenvalue weighted by molar-refractivity contribution is 0.174. The third kappa shape index (κ3) is 2.72. The van der Waals surface area contributed by atoms with E-state index in [-0.39, 0.29) is 18.6 Å². The van der Waals surface area contributed by atoms with Crippen molar-refractivity contribution in [2.24, 2.45) is 0 Å². The standard InChI is InChI=1S/C16H16ClNO3/c1-9-3-4-11(14(19)5-9)10(2)18-13-7-16-15(6-12(13)17)20-8-21-16/h3-7,10,18-19H,8H2,1-2H3. The van der Waals surface area contributed by atoms with Gasteiger partial charge in [-0.15, -0.1) is 0 Å². The van der Waals surface area contributed by atoms with Crippen LogP contribution in [-0.4, -0.2) is 11.9 Å². The predicted octanol–water partition coefficient (Wildman–Crippen LogP) is 4.26. The highest BCUT2D eigenvalue weighted by atomic mass is 35.5. The molecule has 110 valence electrons. The molecular formula is C16H16ClNO3. The number of hydrogen-bond acceptors (Lipinski definition) is 4. The number of aromatic hydroxyl groups is 1. The van der Waals surface area contributed by atoms with E-state index in [1.54, 1.807) is 12.1 Å². The van der Waals surface area contributed by atoms with Gasteiger partial charge in [-0.1, -0.05) is 23.7 Å². The van der Waals surface area contributed by atoms with Crippen molar-refractivity contribution in [1.29, 1.82) is 0 Å². The van der Waals surface area contributed by atoms with E-state index >= 15 is 0 Å². The first kappa shape index (κ1) is 13.9. The lowest BCUT2D eigenvalue weighted by Crippen LogP contribution is -2.07. The molecule has 2 N–H and O–H groups in total. The molecule has 2 aromatic rings. The number of halogens is 1. The number of aryl methyl sites for hydroxylation is 1. The molecule has 0 fully saturated rings. The summed E-state index contributed by atoms with van der Waals surface area (Å²) < 4.78 is 10.6. The number of anilines is 1. The van der Waals surface area contributed by atoms with Gasteiger partial charge in [-0.25, -0.2) is 0 Å². The quantitative estimate of drug-likeness (QED) is 0.890. The molecule has 1 aliphatic heterocycles. The van der Waals surface area contributed by atoms with Crippen LogP contribution in [-0.2, 0) is 0 Å². The van der Waals surface area contributed by atoms with Crippen molar-refractivity contribution in [3.05, 3.63) is 46.5 Å². The fourth-order valence-electron chi connectivity index (χ4n) is 2.36. The molecule has 0 bridgehead atoms. The molecule has 0 amide bonds. The van der Waals surface area contributed by atoms with Crippen molar-refractivity contribution in [2.75, 3.05) is 12.1 Å². The molecule has 5 heteroatoms. The highest BCUT2D eigenvalue weighted by Crippen LogP contribution is 2.40. The van der Waals surface area contributed by atoms with E-state index in [1.807, 2.05) is 32.0 Å². The van der Waals surface area contributed by atoms with Crippen LogP contribution in [0.4, 0.5) is 5.69 Å². The number of phenolic OH excluding ortho intramolecular Hbond substituents is 1. The minimum Gasteiger partial charge on any atom is -0.508 e. The van der Waals surface area contributed by atoms with Crippen LogP contribution in [0.5, 0.6) is 17.2 Å². The summed E-state index contributed by atoms with van der Waals surface area (Å²) in [5, 5.41) is 13.9. The molecule has 1 heterocycles. The summed E-state index contributed by atoms with van der Waals surface area (Å²) in [6, 6.07) is 9.07. The minimum atomic E-state index is -0.0940. The summed E-state index contributed by atoms with van der Waals surface area (Å²) >= 11 is 6.24. The fourth-order valence-corrected chi connectivity index (χ4v) is 2.57. The van der Waals surface area contributed by atoms with Crippen LogP contribution < -0.4 is 14.8 Å². The van der Waals surface area contributed by atoms with Gasteiger partial charge >= 0.3 is 0 Å². The molecular weight excluding hydrogens is 290 g/mol. The van der Waals surface area contributed by atoms with Crippen molar-refractivity contribution in [3.63, 3.8) is 0 Å². The van der Waals surface area contributed by atoms with Gasteiger partial charge in [-0.05, 0) is 25.5 Å². The van der Waals surface area contributed by atoms with E-state index in [2.05, 4.69) is 5.32 Å². The molecule has 0 aromatic heterocycles. The molecule has 0 radical (unpaired) electrons. The van der Waals surface area contributed by atoms with Gasteiger partial charge in [0.2, 0.25) is 6.79 Å². The zero-order valence-electron chi connectivity index (χ0n) is 11.8. The molecule has 2 aromatic carbocycles. The first-order valence-corrected chi connectivity index (χ1v) is 7.07. The second-order valence-corrected chi connectivity index (χ2v) is 5.52. The Labute approximate surface area is 128 Å². The zero-order chi connectivity index (χ0) is 15.0. The number of hydrogen-bond donors (Lipinski definition) is 2. The van der Waals surface area contributed by atoms with E-state index in [9.17, 15) is 5.11 Å². The van der Waals surface area contributed by atoms with Gasteiger partial charge in [-0.2, -0.15) is 0 Å². The summed E-state index contributed by atoms with van der Waals surface area (Å²) in [5.41, 5.74) is 2.58. The summed E-state index contributed by atoms with van der Waals surface area (Å²) in [6.45, 7) is 4.12. The molecule has 1 atom stereocenters. The molecule has 0 spiro atoms. The predicted molar refractivity (Wildman–Crippen MR) is 82.5 cm³/mol. The number of nitrogens with one attached hydrogen (secondary N) is 1. The van der Waals surface area contributed by atoms with Gasteiger partial charge in [0.15, 0.2) is 11.5 Å². The second kappa shape index (κ2) is 5.37. The Morgan fingerprint density at radius 2 is 1.90 bits per heavy atom. The Kier molecular flexibility index (Phi) is 3.55. The van der Waals surface area contributed by atoms with Gasteiger partial charge in [0, 0.05) is 17.7 Å². The lowest BCUT2D eigenvalue weighted by Gasteiger charge is -2.18. The molecule has 3 rings (SSSR count). The second-order valence-electron chi connectivity index (χ2n) is 5.11. The van der Waals surface area contributed by atoms with Gasteiger partial charge in [0.1, 0.15) is 5.75 Å². The Morgan fingerprint density at radius 1 is 1.19 bits per heavy atom. The third-order valence-corrected chi connectivity index (χ3v) is 3.80. The average molecular weight is 306 g/mol. The molecule has 0 saturated heterocycles. The van der Waals surface area contributed by atoms with Crippen LogP contribution in [0.25, 0.3) is 0 Å². The maximum atomic E-state index is 10.0. The molecule has 4 nitrogen and oxygen atoms in total. The molecule has 0 saturated carbocycles. The first-order valence-electron chi connectivity index (χ1n) is 6.70. The third-order valence-electron chi connectivity index (χ3n) is 3.49. The summed E-state index contributed by atoms with van der Waals surface area (Å²) in [4.78, 5) is 0. The molecule has 1 aliphatic rings. The van der Waals surface area contributed by atoms with Crippen LogP contribution in [0, 0.1) is 6.92 Å². The maximum absolute atomic E-state index is 10.0. The van der Waals surface area contributed by atoms with Crippen LogP contribution in [0.1, 0.15) is 24.1 Å². The van der Waals surface area contributed by atoms with Gasteiger partial charge < -0.3 is 19.9 Å². The number of benzene rings is 2. The molecule has 21 heavy (non-hydrogen) atoms. The first-order chi connectivity index (χ1) is 10.0. The maximum Gasteiger partial charge on any atom is 0.231 e. The van der Waals surface area contributed by atoms with Crippen LogP contribution in [0.3, 0.4) is 0 Å². The number of rotatable bonds is 3. The van der Waals surface area contributed by atoms with E-state index in [0.29, 0.717) is 16.5 Å². The minimum absolute atomic E-state index is 0.0940. The Balaban J connectivity index is 1.86. The topological polar surface area (TPSA) is 50.7 Å². The summed E-state index contributed by atoms with van der Waals surface area (Å²) in [6.07, 6.45) is 0.